The third-order valence-electron chi connectivity index (χ3n) is 7.09. The largest absolute Gasteiger partial charge is 0.495 e. The molecule has 0 aliphatic rings. The molecule has 0 bridgehead atoms. The van der Waals surface area contributed by atoms with Crippen LogP contribution in [0.15, 0.2) is 71.6 Å². The van der Waals surface area contributed by atoms with Gasteiger partial charge in [-0.25, -0.2) is 8.42 Å². The number of aryl methyl sites for hydroxylation is 3. The molecule has 0 fully saturated rings. The van der Waals surface area contributed by atoms with Crippen molar-refractivity contribution in [3.63, 3.8) is 0 Å². The number of ether oxygens (including phenoxy) is 1. The zero-order valence-corrected chi connectivity index (χ0v) is 25.6. The van der Waals surface area contributed by atoms with E-state index in [4.69, 9.17) is 4.74 Å². The van der Waals surface area contributed by atoms with E-state index in [1.807, 2.05) is 58.0 Å². The van der Waals surface area contributed by atoms with Crippen LogP contribution in [-0.2, 0) is 26.2 Å². The molecule has 0 aliphatic heterocycles. The number of nitrogens with one attached hydrogen (secondary N) is 1. The molecule has 1 unspecified atom stereocenters. The maximum absolute atomic E-state index is 14.1. The summed E-state index contributed by atoms with van der Waals surface area (Å²) < 4.78 is 34.8. The fourth-order valence-corrected chi connectivity index (χ4v) is 5.85. The second-order valence-corrected chi connectivity index (χ2v) is 12.1. The summed E-state index contributed by atoms with van der Waals surface area (Å²) in [6, 6.07) is 18.5. The SMILES string of the molecule is CCCCNC(=O)C(C)N(Cc1ccccc1C)C(=O)CN(c1cc(C)ccc1OC)S(=O)(=O)c1ccc(C)cc1. The van der Waals surface area contributed by atoms with Crippen LogP contribution < -0.4 is 14.4 Å². The van der Waals surface area contributed by atoms with Crippen LogP contribution >= 0.6 is 0 Å². The van der Waals surface area contributed by atoms with Crippen molar-refractivity contribution in [2.75, 3.05) is 24.5 Å². The third-order valence-corrected chi connectivity index (χ3v) is 8.86. The van der Waals surface area contributed by atoms with E-state index in [2.05, 4.69) is 5.32 Å². The Kier molecular flexibility index (Phi) is 10.9. The molecule has 1 N–H and O–H groups in total. The summed E-state index contributed by atoms with van der Waals surface area (Å²) in [6.07, 6.45) is 1.74. The number of rotatable bonds is 13. The standard InChI is InChI=1S/C32H41N3O5S/c1-7-8-19-33-32(37)26(5)34(21-27-12-10-9-11-25(27)4)31(36)22-35(29-20-24(3)15-18-30(29)40-6)41(38,39)28-16-13-23(2)14-17-28/h9-18,20,26H,7-8,19,21-22H2,1-6H3,(H,33,37). The molecule has 3 aromatic rings. The minimum Gasteiger partial charge on any atom is -0.495 e. The van der Waals surface area contributed by atoms with E-state index < -0.39 is 28.5 Å². The minimum absolute atomic E-state index is 0.0512. The molecule has 3 aromatic carbocycles. The lowest BCUT2D eigenvalue weighted by molar-refractivity contribution is -0.139. The van der Waals surface area contributed by atoms with Crippen LogP contribution in [0.2, 0.25) is 0 Å². The van der Waals surface area contributed by atoms with Crippen molar-refractivity contribution in [2.45, 2.75) is 64.9 Å². The van der Waals surface area contributed by atoms with E-state index in [9.17, 15) is 18.0 Å². The molecule has 0 aromatic heterocycles. The number of methoxy groups -OCH3 is 1. The molecule has 2 amide bonds. The Labute approximate surface area is 244 Å². The lowest BCUT2D eigenvalue weighted by Crippen LogP contribution is -2.51. The molecule has 0 heterocycles. The highest BCUT2D eigenvalue weighted by molar-refractivity contribution is 7.92. The average molecular weight is 580 g/mol. The van der Waals surface area contributed by atoms with Crippen molar-refractivity contribution in [1.29, 1.82) is 0 Å². The third kappa shape index (κ3) is 7.88. The van der Waals surface area contributed by atoms with Crippen LogP contribution in [0.4, 0.5) is 5.69 Å². The fraction of sp³-hybridized carbons (Fsp3) is 0.375. The Morgan fingerprint density at radius 1 is 0.951 bits per heavy atom. The van der Waals surface area contributed by atoms with Crippen LogP contribution in [-0.4, -0.2) is 51.4 Å². The molecular weight excluding hydrogens is 538 g/mol. The van der Waals surface area contributed by atoms with Gasteiger partial charge in [-0.2, -0.15) is 0 Å². The first kappa shape index (κ1) is 31.7. The normalized spacial score (nSPS) is 12.0. The average Bonchev–Trinajstić information content (AvgIpc) is 2.95. The van der Waals surface area contributed by atoms with Gasteiger partial charge in [0.2, 0.25) is 11.8 Å². The first-order valence-corrected chi connectivity index (χ1v) is 15.3. The van der Waals surface area contributed by atoms with E-state index in [0.717, 1.165) is 39.4 Å². The number of carbonyl (C=O) groups is 2. The maximum atomic E-state index is 14.1. The summed E-state index contributed by atoms with van der Waals surface area (Å²) in [4.78, 5) is 28.8. The van der Waals surface area contributed by atoms with Gasteiger partial charge in [0, 0.05) is 13.1 Å². The summed E-state index contributed by atoms with van der Waals surface area (Å²) in [5.74, 6) is -0.484. The number of unbranched alkanes of at least 4 members (excludes halogenated alkanes) is 1. The fourth-order valence-electron chi connectivity index (χ4n) is 4.44. The molecule has 220 valence electrons. The van der Waals surface area contributed by atoms with E-state index in [1.54, 1.807) is 31.2 Å². The number of anilines is 1. The van der Waals surface area contributed by atoms with Crippen molar-refractivity contribution in [3.8, 4) is 5.75 Å². The first-order chi connectivity index (χ1) is 19.5. The predicted octanol–water partition coefficient (Wildman–Crippen LogP) is 5.15. The number of hydrogen-bond acceptors (Lipinski definition) is 5. The maximum Gasteiger partial charge on any atom is 0.264 e. The number of nitrogens with zero attached hydrogens (tertiary/aromatic N) is 2. The second-order valence-electron chi connectivity index (χ2n) is 10.3. The monoisotopic (exact) mass is 579 g/mol. The van der Waals surface area contributed by atoms with Gasteiger partial charge in [-0.1, -0.05) is 61.4 Å². The van der Waals surface area contributed by atoms with Gasteiger partial charge in [0.15, 0.2) is 0 Å². The quantitative estimate of drug-likeness (QED) is 0.283. The van der Waals surface area contributed by atoms with Gasteiger partial charge in [-0.3, -0.25) is 13.9 Å². The highest BCUT2D eigenvalue weighted by Gasteiger charge is 2.34. The molecule has 1 atom stereocenters. The molecule has 8 nitrogen and oxygen atoms in total. The summed E-state index contributed by atoms with van der Waals surface area (Å²) in [6.45, 7) is 9.49. The predicted molar refractivity (Wildman–Crippen MR) is 163 cm³/mol. The highest BCUT2D eigenvalue weighted by Crippen LogP contribution is 2.34. The first-order valence-electron chi connectivity index (χ1n) is 13.8. The number of benzene rings is 3. The van der Waals surface area contributed by atoms with E-state index >= 15 is 0 Å². The summed E-state index contributed by atoms with van der Waals surface area (Å²) in [5.41, 5.74) is 3.80. The minimum atomic E-state index is -4.19. The number of hydrogen-bond donors (Lipinski definition) is 1. The Bertz CT molecular complexity index is 1450. The summed E-state index contributed by atoms with van der Waals surface area (Å²) >= 11 is 0. The molecule has 0 saturated carbocycles. The van der Waals surface area contributed by atoms with Gasteiger partial charge >= 0.3 is 0 Å². The summed E-state index contributed by atoms with van der Waals surface area (Å²) in [5, 5.41) is 2.91. The summed E-state index contributed by atoms with van der Waals surface area (Å²) in [7, 11) is -2.73. The second kappa shape index (κ2) is 14.2. The zero-order valence-electron chi connectivity index (χ0n) is 24.8. The van der Waals surface area contributed by atoms with Gasteiger partial charge < -0.3 is 15.0 Å². The Hall–Kier alpha value is -3.85. The van der Waals surface area contributed by atoms with Crippen LogP contribution in [0.3, 0.4) is 0 Å². The van der Waals surface area contributed by atoms with Crippen LogP contribution in [0.1, 0.15) is 48.9 Å². The van der Waals surface area contributed by atoms with E-state index in [1.165, 1.54) is 24.1 Å². The van der Waals surface area contributed by atoms with Crippen molar-refractivity contribution in [1.82, 2.24) is 10.2 Å². The lowest BCUT2D eigenvalue weighted by atomic mass is 10.1. The number of sulfonamides is 1. The molecule has 3 rings (SSSR count). The lowest BCUT2D eigenvalue weighted by Gasteiger charge is -2.32. The Balaban J connectivity index is 2.08. The van der Waals surface area contributed by atoms with Crippen LogP contribution in [0.25, 0.3) is 0 Å². The van der Waals surface area contributed by atoms with Gasteiger partial charge in [0.1, 0.15) is 18.3 Å². The molecule has 0 aliphatic carbocycles. The van der Waals surface area contributed by atoms with Crippen molar-refractivity contribution >= 4 is 27.5 Å². The van der Waals surface area contributed by atoms with Gasteiger partial charge in [-0.05, 0) is 75.1 Å². The number of carbonyl (C=O) groups excluding carboxylic acids is 2. The molecule has 0 radical (unpaired) electrons. The Morgan fingerprint density at radius 2 is 1.61 bits per heavy atom. The number of amides is 2. The zero-order chi connectivity index (χ0) is 30.2. The van der Waals surface area contributed by atoms with Gasteiger partial charge in [0.25, 0.3) is 10.0 Å². The van der Waals surface area contributed by atoms with Crippen molar-refractivity contribution in [3.05, 3.63) is 89.0 Å². The van der Waals surface area contributed by atoms with Crippen LogP contribution in [0, 0.1) is 20.8 Å². The molecule has 0 spiro atoms. The molecule has 0 saturated heterocycles. The van der Waals surface area contributed by atoms with E-state index in [0.29, 0.717) is 12.3 Å². The highest BCUT2D eigenvalue weighted by atomic mass is 32.2. The Morgan fingerprint density at radius 3 is 2.24 bits per heavy atom. The molecule has 41 heavy (non-hydrogen) atoms. The van der Waals surface area contributed by atoms with Gasteiger partial charge in [-0.15, -0.1) is 0 Å². The molecule has 9 heteroatoms. The van der Waals surface area contributed by atoms with Gasteiger partial charge in [0.05, 0.1) is 17.7 Å². The van der Waals surface area contributed by atoms with E-state index in [-0.39, 0.29) is 23.0 Å². The van der Waals surface area contributed by atoms with Crippen molar-refractivity contribution < 1.29 is 22.7 Å². The van der Waals surface area contributed by atoms with Crippen LogP contribution in [0.5, 0.6) is 5.75 Å². The van der Waals surface area contributed by atoms with Crippen molar-refractivity contribution in [2.24, 2.45) is 0 Å². The molecular formula is C32H41N3O5S. The smallest absolute Gasteiger partial charge is 0.264 e. The topological polar surface area (TPSA) is 96.0 Å².